The van der Waals surface area contributed by atoms with Gasteiger partial charge in [0.1, 0.15) is 0 Å². The first-order valence-corrected chi connectivity index (χ1v) is 5.65. The highest BCUT2D eigenvalue weighted by atomic mass is 16.5. The van der Waals surface area contributed by atoms with Gasteiger partial charge in [0.25, 0.3) is 0 Å². The van der Waals surface area contributed by atoms with Crippen molar-refractivity contribution in [3.8, 4) is 0 Å². The minimum Gasteiger partial charge on any atom is -0.385 e. The molecule has 16 heavy (non-hydrogen) atoms. The summed E-state index contributed by atoms with van der Waals surface area (Å²) in [6.45, 7) is 1.85. The Morgan fingerprint density at radius 2 is 2.38 bits per heavy atom. The van der Waals surface area contributed by atoms with Crippen molar-refractivity contribution in [1.29, 1.82) is 0 Å². The number of rotatable bonds is 5. The molecule has 1 saturated heterocycles. The van der Waals surface area contributed by atoms with Gasteiger partial charge in [-0.25, -0.2) is 0 Å². The summed E-state index contributed by atoms with van der Waals surface area (Å²) in [5.74, 6) is 0.118. The Bertz CT molecular complexity index is 246. The predicted molar refractivity (Wildman–Crippen MR) is 59.9 cm³/mol. The van der Waals surface area contributed by atoms with Gasteiger partial charge in [-0.1, -0.05) is 0 Å². The van der Waals surface area contributed by atoms with Crippen molar-refractivity contribution in [2.24, 2.45) is 5.92 Å². The first kappa shape index (κ1) is 13.0. The van der Waals surface area contributed by atoms with Gasteiger partial charge in [0.2, 0.25) is 11.8 Å². The van der Waals surface area contributed by atoms with Crippen LogP contribution in [0.25, 0.3) is 0 Å². The Labute approximate surface area is 96.1 Å². The van der Waals surface area contributed by atoms with Crippen LogP contribution < -0.4 is 5.32 Å². The summed E-state index contributed by atoms with van der Waals surface area (Å²) in [6, 6.07) is 0. The highest BCUT2D eigenvalue weighted by molar-refractivity contribution is 5.83. The zero-order chi connectivity index (χ0) is 12.0. The van der Waals surface area contributed by atoms with E-state index in [0.29, 0.717) is 32.5 Å². The summed E-state index contributed by atoms with van der Waals surface area (Å²) in [4.78, 5) is 24.6. The standard InChI is InChI=1S/C11H20N2O3/c1-13(6-3-7-16-2)11(15)9-4-5-10(14)12-8-9/h9H,3-8H2,1-2H3,(H,12,14). The molecule has 1 aliphatic rings. The highest BCUT2D eigenvalue weighted by Crippen LogP contribution is 2.13. The Balaban J connectivity index is 2.29. The number of amides is 2. The zero-order valence-corrected chi connectivity index (χ0v) is 9.99. The first-order valence-electron chi connectivity index (χ1n) is 5.65. The van der Waals surface area contributed by atoms with Crippen LogP contribution in [0, 0.1) is 5.92 Å². The van der Waals surface area contributed by atoms with Gasteiger partial charge in [0.05, 0.1) is 5.92 Å². The molecule has 1 atom stereocenters. The molecule has 5 nitrogen and oxygen atoms in total. The molecule has 0 aromatic rings. The summed E-state index contributed by atoms with van der Waals surface area (Å²) >= 11 is 0. The summed E-state index contributed by atoms with van der Waals surface area (Å²) in [5, 5.41) is 2.72. The summed E-state index contributed by atoms with van der Waals surface area (Å²) in [7, 11) is 3.45. The molecule has 1 fully saturated rings. The number of carbonyl (C=O) groups is 2. The van der Waals surface area contributed by atoms with E-state index in [4.69, 9.17) is 4.74 Å². The predicted octanol–water partition coefficient (Wildman–Crippen LogP) is 0.00750. The van der Waals surface area contributed by atoms with Crippen molar-refractivity contribution < 1.29 is 14.3 Å². The molecule has 92 valence electrons. The molecule has 0 aromatic heterocycles. The van der Waals surface area contributed by atoms with Crippen LogP contribution in [0.3, 0.4) is 0 Å². The van der Waals surface area contributed by atoms with Gasteiger partial charge < -0.3 is 15.0 Å². The van der Waals surface area contributed by atoms with Crippen molar-refractivity contribution in [2.45, 2.75) is 19.3 Å². The molecule has 1 rings (SSSR count). The lowest BCUT2D eigenvalue weighted by Gasteiger charge is -2.26. The van der Waals surface area contributed by atoms with Crippen LogP contribution in [0.4, 0.5) is 0 Å². The molecule has 0 saturated carbocycles. The largest absolute Gasteiger partial charge is 0.385 e. The number of methoxy groups -OCH3 is 1. The van der Waals surface area contributed by atoms with Gasteiger partial charge in [-0.2, -0.15) is 0 Å². The SMILES string of the molecule is COCCCN(C)C(=O)C1CCC(=O)NC1. The highest BCUT2D eigenvalue weighted by Gasteiger charge is 2.26. The fraction of sp³-hybridized carbons (Fsp3) is 0.818. The third-order valence-electron chi connectivity index (χ3n) is 2.83. The summed E-state index contributed by atoms with van der Waals surface area (Å²) in [5.41, 5.74) is 0. The van der Waals surface area contributed by atoms with Gasteiger partial charge in [-0.3, -0.25) is 9.59 Å². The average Bonchev–Trinajstić information content (AvgIpc) is 2.29. The van der Waals surface area contributed by atoms with E-state index in [1.54, 1.807) is 19.1 Å². The fourth-order valence-electron chi connectivity index (χ4n) is 1.81. The molecule has 0 aromatic carbocycles. The lowest BCUT2D eigenvalue weighted by molar-refractivity contribution is -0.136. The Hall–Kier alpha value is -1.10. The Morgan fingerprint density at radius 3 is 2.94 bits per heavy atom. The van der Waals surface area contributed by atoms with E-state index in [2.05, 4.69) is 5.32 Å². The fourth-order valence-corrected chi connectivity index (χ4v) is 1.81. The number of hydrogen-bond donors (Lipinski definition) is 1. The van der Waals surface area contributed by atoms with Crippen LogP contribution >= 0.6 is 0 Å². The number of piperidine rings is 1. The lowest BCUT2D eigenvalue weighted by atomic mass is 9.98. The van der Waals surface area contributed by atoms with E-state index in [9.17, 15) is 9.59 Å². The van der Waals surface area contributed by atoms with E-state index in [0.717, 1.165) is 6.42 Å². The minimum absolute atomic E-state index is 0.0473. The van der Waals surface area contributed by atoms with Crippen molar-refractivity contribution in [2.75, 3.05) is 33.9 Å². The second kappa shape index (κ2) is 6.48. The van der Waals surface area contributed by atoms with Gasteiger partial charge >= 0.3 is 0 Å². The van der Waals surface area contributed by atoms with Crippen molar-refractivity contribution >= 4 is 11.8 Å². The van der Waals surface area contributed by atoms with E-state index in [1.807, 2.05) is 0 Å². The maximum absolute atomic E-state index is 11.9. The van der Waals surface area contributed by atoms with E-state index < -0.39 is 0 Å². The van der Waals surface area contributed by atoms with Crippen molar-refractivity contribution in [1.82, 2.24) is 10.2 Å². The maximum atomic E-state index is 11.9. The molecule has 0 radical (unpaired) electrons. The van der Waals surface area contributed by atoms with Crippen LogP contribution in [0.2, 0.25) is 0 Å². The summed E-state index contributed by atoms with van der Waals surface area (Å²) in [6.07, 6.45) is 1.97. The molecular formula is C11H20N2O3. The average molecular weight is 228 g/mol. The molecule has 0 aliphatic carbocycles. The monoisotopic (exact) mass is 228 g/mol. The van der Waals surface area contributed by atoms with Crippen molar-refractivity contribution in [3.05, 3.63) is 0 Å². The van der Waals surface area contributed by atoms with E-state index >= 15 is 0 Å². The third kappa shape index (κ3) is 3.81. The molecular weight excluding hydrogens is 208 g/mol. The lowest BCUT2D eigenvalue weighted by Crippen LogP contribution is -2.43. The molecule has 1 aliphatic heterocycles. The number of hydrogen-bond acceptors (Lipinski definition) is 3. The summed E-state index contributed by atoms with van der Waals surface area (Å²) < 4.78 is 4.94. The quantitative estimate of drug-likeness (QED) is 0.674. The van der Waals surface area contributed by atoms with Crippen LogP contribution in [0.15, 0.2) is 0 Å². The number of nitrogens with one attached hydrogen (secondary N) is 1. The zero-order valence-electron chi connectivity index (χ0n) is 9.99. The number of ether oxygens (including phenoxy) is 1. The minimum atomic E-state index is -0.0507. The Kier molecular flexibility index (Phi) is 5.25. The molecule has 1 heterocycles. The smallest absolute Gasteiger partial charge is 0.227 e. The van der Waals surface area contributed by atoms with Gasteiger partial charge in [0.15, 0.2) is 0 Å². The third-order valence-corrected chi connectivity index (χ3v) is 2.83. The van der Waals surface area contributed by atoms with Crippen LogP contribution in [0.1, 0.15) is 19.3 Å². The molecule has 2 amide bonds. The molecule has 1 unspecified atom stereocenters. The molecule has 1 N–H and O–H groups in total. The van der Waals surface area contributed by atoms with Crippen LogP contribution in [-0.2, 0) is 14.3 Å². The number of carbonyl (C=O) groups excluding carboxylic acids is 2. The molecule has 0 bridgehead atoms. The normalized spacial score (nSPS) is 20.4. The van der Waals surface area contributed by atoms with Crippen molar-refractivity contribution in [3.63, 3.8) is 0 Å². The first-order chi connectivity index (χ1) is 7.65. The second-order valence-corrected chi connectivity index (χ2v) is 4.15. The van der Waals surface area contributed by atoms with Gasteiger partial charge in [-0.15, -0.1) is 0 Å². The number of nitrogens with zero attached hydrogens (tertiary/aromatic N) is 1. The van der Waals surface area contributed by atoms with Crippen LogP contribution in [-0.4, -0.2) is 50.6 Å². The molecule has 0 spiro atoms. The Morgan fingerprint density at radius 1 is 1.62 bits per heavy atom. The second-order valence-electron chi connectivity index (χ2n) is 4.15. The van der Waals surface area contributed by atoms with E-state index in [1.165, 1.54) is 0 Å². The van der Waals surface area contributed by atoms with E-state index in [-0.39, 0.29) is 17.7 Å². The van der Waals surface area contributed by atoms with Crippen LogP contribution in [0.5, 0.6) is 0 Å². The maximum Gasteiger partial charge on any atom is 0.227 e. The van der Waals surface area contributed by atoms with Gasteiger partial charge in [-0.05, 0) is 12.8 Å². The molecule has 5 heteroatoms. The topological polar surface area (TPSA) is 58.6 Å². The van der Waals surface area contributed by atoms with Gasteiger partial charge in [0, 0.05) is 40.3 Å².